The van der Waals surface area contributed by atoms with Gasteiger partial charge in [-0.25, -0.2) is 9.78 Å². The molecule has 1 amide bonds. The summed E-state index contributed by atoms with van der Waals surface area (Å²) in [5.41, 5.74) is 0.846. The van der Waals surface area contributed by atoms with Crippen molar-refractivity contribution in [2.75, 3.05) is 5.32 Å². The normalized spacial score (nSPS) is 10.2. The largest absolute Gasteiger partial charge is 0.477 e. The minimum Gasteiger partial charge on any atom is -0.477 e. The molecular formula is C14H15N3O3. The lowest BCUT2D eigenvalue weighted by Crippen LogP contribution is -2.17. The van der Waals surface area contributed by atoms with Crippen LogP contribution in [0.4, 0.5) is 5.69 Å². The second-order valence-corrected chi connectivity index (χ2v) is 4.28. The number of amides is 1. The first-order valence-electron chi connectivity index (χ1n) is 6.27. The first kappa shape index (κ1) is 13.8. The highest BCUT2D eigenvalue weighted by atomic mass is 16.4. The highest BCUT2D eigenvalue weighted by Gasteiger charge is 2.12. The van der Waals surface area contributed by atoms with Crippen molar-refractivity contribution in [1.82, 2.24) is 9.55 Å². The Hall–Kier alpha value is -2.63. The number of nitrogens with zero attached hydrogens (tertiary/aromatic N) is 2. The number of rotatable bonds is 5. The molecular weight excluding hydrogens is 258 g/mol. The molecule has 0 unspecified atom stereocenters. The third-order valence-electron chi connectivity index (χ3n) is 2.76. The molecule has 0 saturated heterocycles. The molecule has 0 saturated carbocycles. The average Bonchev–Trinajstić information content (AvgIpc) is 2.88. The van der Waals surface area contributed by atoms with E-state index in [1.807, 2.05) is 17.7 Å². The Kier molecular flexibility index (Phi) is 4.14. The van der Waals surface area contributed by atoms with Gasteiger partial charge in [0.25, 0.3) is 5.91 Å². The van der Waals surface area contributed by atoms with Gasteiger partial charge >= 0.3 is 5.97 Å². The van der Waals surface area contributed by atoms with Crippen LogP contribution in [0.2, 0.25) is 0 Å². The van der Waals surface area contributed by atoms with E-state index >= 15 is 0 Å². The summed E-state index contributed by atoms with van der Waals surface area (Å²) in [5, 5.41) is 11.5. The van der Waals surface area contributed by atoms with Crippen molar-refractivity contribution in [2.24, 2.45) is 0 Å². The monoisotopic (exact) mass is 273 g/mol. The lowest BCUT2D eigenvalue weighted by molar-refractivity contribution is 0.0690. The van der Waals surface area contributed by atoms with Crippen LogP contribution in [-0.4, -0.2) is 26.5 Å². The molecule has 6 nitrogen and oxygen atoms in total. The van der Waals surface area contributed by atoms with E-state index in [0.29, 0.717) is 11.4 Å². The first-order chi connectivity index (χ1) is 9.61. The molecule has 0 fully saturated rings. The average molecular weight is 273 g/mol. The molecule has 2 aromatic rings. The van der Waals surface area contributed by atoms with Gasteiger partial charge in [0.2, 0.25) is 0 Å². The third kappa shape index (κ3) is 3.03. The summed E-state index contributed by atoms with van der Waals surface area (Å²) in [6.45, 7) is 2.79. The number of pyridine rings is 1. The van der Waals surface area contributed by atoms with Gasteiger partial charge in [-0.05, 0) is 30.7 Å². The molecule has 0 aliphatic heterocycles. The fourth-order valence-corrected chi connectivity index (χ4v) is 1.88. The summed E-state index contributed by atoms with van der Waals surface area (Å²) in [7, 11) is 0. The molecule has 0 bridgehead atoms. The van der Waals surface area contributed by atoms with E-state index in [-0.39, 0.29) is 11.6 Å². The predicted molar refractivity (Wildman–Crippen MR) is 73.9 cm³/mol. The number of carboxylic acids is 1. The van der Waals surface area contributed by atoms with E-state index in [2.05, 4.69) is 10.3 Å². The highest BCUT2D eigenvalue weighted by molar-refractivity contribution is 6.03. The Morgan fingerprint density at radius 2 is 2.20 bits per heavy atom. The zero-order valence-corrected chi connectivity index (χ0v) is 11.0. The fourth-order valence-electron chi connectivity index (χ4n) is 1.88. The molecule has 0 radical (unpaired) electrons. The van der Waals surface area contributed by atoms with Crippen LogP contribution in [0.5, 0.6) is 0 Å². The molecule has 0 aliphatic rings. The number of aromatic carboxylic acids is 1. The van der Waals surface area contributed by atoms with Gasteiger partial charge in [-0.3, -0.25) is 4.79 Å². The van der Waals surface area contributed by atoms with Crippen LogP contribution >= 0.6 is 0 Å². The van der Waals surface area contributed by atoms with Crippen LogP contribution in [0.1, 0.15) is 34.3 Å². The summed E-state index contributed by atoms with van der Waals surface area (Å²) < 4.78 is 1.86. The topological polar surface area (TPSA) is 84.2 Å². The van der Waals surface area contributed by atoms with Gasteiger partial charge in [-0.15, -0.1) is 0 Å². The van der Waals surface area contributed by atoms with E-state index in [4.69, 9.17) is 5.11 Å². The number of carbonyl (C=O) groups is 2. The quantitative estimate of drug-likeness (QED) is 0.875. The maximum Gasteiger partial charge on any atom is 0.354 e. The number of carboxylic acid groups (broad SMARTS) is 1. The molecule has 2 rings (SSSR count). The van der Waals surface area contributed by atoms with E-state index in [9.17, 15) is 9.59 Å². The van der Waals surface area contributed by atoms with Crippen LogP contribution < -0.4 is 5.32 Å². The van der Waals surface area contributed by atoms with E-state index in [1.54, 1.807) is 18.2 Å². The maximum atomic E-state index is 12.2. The van der Waals surface area contributed by atoms with Crippen molar-refractivity contribution in [1.29, 1.82) is 0 Å². The van der Waals surface area contributed by atoms with Gasteiger partial charge in [-0.1, -0.05) is 6.92 Å². The van der Waals surface area contributed by atoms with Gasteiger partial charge in [0.1, 0.15) is 11.4 Å². The number of aromatic nitrogens is 2. The van der Waals surface area contributed by atoms with Crippen LogP contribution in [0, 0.1) is 0 Å². The Morgan fingerprint density at radius 3 is 2.90 bits per heavy atom. The lowest BCUT2D eigenvalue weighted by atomic mass is 10.3. The number of hydrogen-bond donors (Lipinski definition) is 2. The van der Waals surface area contributed by atoms with Gasteiger partial charge in [-0.2, -0.15) is 0 Å². The number of hydrogen-bond acceptors (Lipinski definition) is 3. The Labute approximate surface area is 116 Å². The van der Waals surface area contributed by atoms with Crippen LogP contribution in [0.15, 0.2) is 36.7 Å². The zero-order chi connectivity index (χ0) is 14.5. The number of carbonyl (C=O) groups excluding carboxylic acids is 1. The smallest absolute Gasteiger partial charge is 0.354 e. The first-order valence-corrected chi connectivity index (χ1v) is 6.27. The van der Waals surface area contributed by atoms with Crippen LogP contribution in [0.25, 0.3) is 0 Å². The van der Waals surface area contributed by atoms with Gasteiger partial charge < -0.3 is 15.0 Å². The standard InChI is InChI=1S/C14H15N3O3/c1-2-7-17-8-3-4-12(17)13(18)16-10-5-6-15-11(9-10)14(19)20/h3-6,8-9H,2,7H2,1H3,(H,19,20)(H,15,16,18). The summed E-state index contributed by atoms with van der Waals surface area (Å²) in [6.07, 6.45) is 4.12. The predicted octanol–water partition coefficient (Wildman–Crippen LogP) is 2.24. The van der Waals surface area contributed by atoms with Crippen molar-refractivity contribution >= 4 is 17.6 Å². The second-order valence-electron chi connectivity index (χ2n) is 4.28. The Balaban J connectivity index is 2.17. The second kappa shape index (κ2) is 6.01. The molecule has 2 heterocycles. The van der Waals surface area contributed by atoms with Gasteiger partial charge in [0, 0.05) is 24.6 Å². The lowest BCUT2D eigenvalue weighted by Gasteiger charge is -2.09. The summed E-state index contributed by atoms with van der Waals surface area (Å²) in [6, 6.07) is 6.41. The van der Waals surface area contributed by atoms with Crippen molar-refractivity contribution in [3.8, 4) is 0 Å². The fraction of sp³-hybridized carbons (Fsp3) is 0.214. The zero-order valence-electron chi connectivity index (χ0n) is 11.0. The molecule has 0 aromatic carbocycles. The third-order valence-corrected chi connectivity index (χ3v) is 2.76. The number of aryl methyl sites for hydroxylation is 1. The van der Waals surface area contributed by atoms with E-state index in [0.717, 1.165) is 13.0 Å². The van der Waals surface area contributed by atoms with Gasteiger partial charge in [0.05, 0.1) is 0 Å². The molecule has 0 atom stereocenters. The SMILES string of the molecule is CCCn1cccc1C(=O)Nc1ccnc(C(=O)O)c1. The van der Waals surface area contributed by atoms with E-state index in [1.165, 1.54) is 12.3 Å². The van der Waals surface area contributed by atoms with Gasteiger partial charge in [0.15, 0.2) is 0 Å². The maximum absolute atomic E-state index is 12.2. The van der Waals surface area contributed by atoms with Crippen LogP contribution in [-0.2, 0) is 6.54 Å². The molecule has 0 spiro atoms. The minimum atomic E-state index is -1.13. The molecule has 2 N–H and O–H groups in total. The van der Waals surface area contributed by atoms with Crippen LogP contribution in [0.3, 0.4) is 0 Å². The highest BCUT2D eigenvalue weighted by Crippen LogP contribution is 2.11. The van der Waals surface area contributed by atoms with Crippen molar-refractivity contribution < 1.29 is 14.7 Å². The van der Waals surface area contributed by atoms with Crippen molar-refractivity contribution in [2.45, 2.75) is 19.9 Å². The summed E-state index contributed by atoms with van der Waals surface area (Å²) >= 11 is 0. The van der Waals surface area contributed by atoms with E-state index < -0.39 is 5.97 Å². The number of anilines is 1. The van der Waals surface area contributed by atoms with Crippen molar-refractivity contribution in [3.63, 3.8) is 0 Å². The molecule has 104 valence electrons. The summed E-state index contributed by atoms with van der Waals surface area (Å²) in [5.74, 6) is -1.40. The van der Waals surface area contributed by atoms with Crippen molar-refractivity contribution in [3.05, 3.63) is 48.0 Å². The molecule has 6 heteroatoms. The summed E-state index contributed by atoms with van der Waals surface area (Å²) in [4.78, 5) is 26.7. The molecule has 20 heavy (non-hydrogen) atoms. The molecule has 2 aromatic heterocycles. The minimum absolute atomic E-state index is 0.105. The molecule has 0 aliphatic carbocycles. The number of nitrogens with one attached hydrogen (secondary N) is 1. The Bertz CT molecular complexity index is 634. The Morgan fingerprint density at radius 1 is 1.40 bits per heavy atom.